The molecule has 1 aromatic rings. The Kier molecular flexibility index (Phi) is 3.99. The third-order valence-corrected chi connectivity index (χ3v) is 2.93. The van der Waals surface area contributed by atoms with Crippen molar-refractivity contribution in [2.75, 3.05) is 6.54 Å². The molecular formula is C13H14FNO4. The second-order valence-corrected chi connectivity index (χ2v) is 4.34. The molecule has 19 heavy (non-hydrogen) atoms. The number of carbonyl (C=O) groups excluding carboxylic acids is 1. The second-order valence-electron chi connectivity index (χ2n) is 4.34. The van der Waals surface area contributed by atoms with Crippen molar-refractivity contribution in [2.24, 2.45) is 0 Å². The lowest BCUT2D eigenvalue weighted by atomic mass is 10.1. The number of rotatable bonds is 3. The van der Waals surface area contributed by atoms with Crippen LogP contribution in [0.4, 0.5) is 4.39 Å². The summed E-state index contributed by atoms with van der Waals surface area (Å²) < 4.78 is 19.0. The molecule has 1 aliphatic rings. The molecule has 0 saturated carbocycles. The van der Waals surface area contributed by atoms with Crippen molar-refractivity contribution in [3.05, 3.63) is 29.6 Å². The van der Waals surface area contributed by atoms with Crippen LogP contribution in [0.5, 0.6) is 5.75 Å². The molecule has 102 valence electrons. The van der Waals surface area contributed by atoms with E-state index < -0.39 is 17.9 Å². The van der Waals surface area contributed by atoms with Crippen LogP contribution in [0.3, 0.4) is 0 Å². The van der Waals surface area contributed by atoms with E-state index in [1.807, 2.05) is 0 Å². The molecule has 5 nitrogen and oxygen atoms in total. The predicted octanol–water partition coefficient (Wildman–Crippen LogP) is 1.57. The third-order valence-electron chi connectivity index (χ3n) is 2.93. The number of benzene rings is 1. The van der Waals surface area contributed by atoms with E-state index in [2.05, 4.69) is 5.32 Å². The van der Waals surface area contributed by atoms with Gasteiger partial charge >= 0.3 is 5.97 Å². The number of ether oxygens (including phenoxy) is 1. The van der Waals surface area contributed by atoms with Gasteiger partial charge in [-0.3, -0.25) is 4.79 Å². The van der Waals surface area contributed by atoms with E-state index in [4.69, 9.17) is 9.84 Å². The van der Waals surface area contributed by atoms with Gasteiger partial charge in [-0.2, -0.15) is 0 Å². The first kappa shape index (κ1) is 13.3. The normalized spacial score (nSPS) is 19.4. The fourth-order valence-electron chi connectivity index (χ4n) is 1.91. The third kappa shape index (κ3) is 3.21. The molecule has 1 saturated heterocycles. The smallest absolute Gasteiger partial charge is 0.335 e. The van der Waals surface area contributed by atoms with Crippen molar-refractivity contribution < 1.29 is 23.8 Å². The van der Waals surface area contributed by atoms with Crippen LogP contribution in [0.1, 0.15) is 29.6 Å². The average Bonchev–Trinajstić information content (AvgIpc) is 2.57. The van der Waals surface area contributed by atoms with E-state index >= 15 is 0 Å². The van der Waals surface area contributed by atoms with Crippen LogP contribution in [0.2, 0.25) is 0 Å². The molecule has 1 aliphatic heterocycles. The maximum atomic E-state index is 13.7. The number of aromatic carboxylic acids is 1. The summed E-state index contributed by atoms with van der Waals surface area (Å²) in [4.78, 5) is 22.3. The van der Waals surface area contributed by atoms with Gasteiger partial charge in [-0.25, -0.2) is 9.18 Å². The standard InChI is InChI=1S/C13H14FNO4/c14-9-7-8(13(17)18)4-5-10(9)19-11-3-1-2-6-15-12(11)16/h4-5,7,11H,1-3,6H2,(H,15,16)(H,17,18). The molecular weight excluding hydrogens is 253 g/mol. The SMILES string of the molecule is O=C(O)c1ccc(OC2CCCCNC2=O)c(F)c1. The van der Waals surface area contributed by atoms with E-state index in [1.54, 1.807) is 0 Å². The van der Waals surface area contributed by atoms with Gasteiger partial charge in [0.05, 0.1) is 5.56 Å². The lowest BCUT2D eigenvalue weighted by Gasteiger charge is -2.16. The molecule has 0 aromatic heterocycles. The monoisotopic (exact) mass is 267 g/mol. The first-order valence-electron chi connectivity index (χ1n) is 6.05. The highest BCUT2D eigenvalue weighted by atomic mass is 19.1. The summed E-state index contributed by atoms with van der Waals surface area (Å²) in [7, 11) is 0. The summed E-state index contributed by atoms with van der Waals surface area (Å²) in [5, 5.41) is 11.4. The maximum absolute atomic E-state index is 13.7. The van der Waals surface area contributed by atoms with Crippen LogP contribution < -0.4 is 10.1 Å². The molecule has 1 amide bonds. The van der Waals surface area contributed by atoms with Gasteiger partial charge in [0.1, 0.15) is 0 Å². The Hall–Kier alpha value is -2.11. The van der Waals surface area contributed by atoms with E-state index in [0.717, 1.165) is 18.9 Å². The maximum Gasteiger partial charge on any atom is 0.335 e. The molecule has 2 rings (SSSR count). The van der Waals surface area contributed by atoms with Gasteiger partial charge in [0.25, 0.3) is 5.91 Å². The first-order chi connectivity index (χ1) is 9.08. The van der Waals surface area contributed by atoms with Crippen LogP contribution in [0, 0.1) is 5.82 Å². The molecule has 2 N–H and O–H groups in total. The van der Waals surface area contributed by atoms with Crippen molar-refractivity contribution >= 4 is 11.9 Å². The number of carbonyl (C=O) groups is 2. The van der Waals surface area contributed by atoms with Crippen molar-refractivity contribution in [1.82, 2.24) is 5.32 Å². The second kappa shape index (κ2) is 5.69. The molecule has 1 atom stereocenters. The Morgan fingerprint density at radius 1 is 1.42 bits per heavy atom. The quantitative estimate of drug-likeness (QED) is 0.871. The zero-order valence-corrected chi connectivity index (χ0v) is 10.2. The fourth-order valence-corrected chi connectivity index (χ4v) is 1.91. The van der Waals surface area contributed by atoms with Crippen LogP contribution >= 0.6 is 0 Å². The topological polar surface area (TPSA) is 75.6 Å². The summed E-state index contributed by atoms with van der Waals surface area (Å²) >= 11 is 0. The van der Waals surface area contributed by atoms with Crippen LogP contribution in [0.25, 0.3) is 0 Å². The Labute approximate surface area is 109 Å². The first-order valence-corrected chi connectivity index (χ1v) is 6.05. The van der Waals surface area contributed by atoms with Gasteiger partial charge in [-0.05, 0) is 37.5 Å². The lowest BCUT2D eigenvalue weighted by molar-refractivity contribution is -0.127. The summed E-state index contributed by atoms with van der Waals surface area (Å²) in [6.07, 6.45) is 1.48. The summed E-state index contributed by atoms with van der Waals surface area (Å²) in [5.74, 6) is -2.36. The Morgan fingerprint density at radius 2 is 2.21 bits per heavy atom. The van der Waals surface area contributed by atoms with E-state index in [9.17, 15) is 14.0 Å². The number of carboxylic acid groups (broad SMARTS) is 1. The summed E-state index contributed by atoms with van der Waals surface area (Å²) in [5.41, 5.74) is -0.157. The van der Waals surface area contributed by atoms with Gasteiger partial charge in [0.2, 0.25) is 0 Å². The Morgan fingerprint density at radius 3 is 2.89 bits per heavy atom. The molecule has 0 spiro atoms. The van der Waals surface area contributed by atoms with E-state index in [1.165, 1.54) is 12.1 Å². The molecule has 6 heteroatoms. The number of hydrogen-bond acceptors (Lipinski definition) is 3. The van der Waals surface area contributed by atoms with Gasteiger partial charge < -0.3 is 15.2 Å². The highest BCUT2D eigenvalue weighted by Crippen LogP contribution is 2.21. The van der Waals surface area contributed by atoms with Crippen LogP contribution in [-0.2, 0) is 4.79 Å². The van der Waals surface area contributed by atoms with Gasteiger partial charge in [-0.1, -0.05) is 0 Å². The molecule has 1 unspecified atom stereocenters. The molecule has 0 aliphatic carbocycles. The molecule has 1 heterocycles. The Bertz CT molecular complexity index is 503. The minimum Gasteiger partial charge on any atom is -0.478 e. The number of amides is 1. The van der Waals surface area contributed by atoms with E-state index in [-0.39, 0.29) is 17.2 Å². The summed E-state index contributed by atoms with van der Waals surface area (Å²) in [6.45, 7) is 0.596. The van der Waals surface area contributed by atoms with Crippen molar-refractivity contribution in [3.63, 3.8) is 0 Å². The molecule has 1 fully saturated rings. The predicted molar refractivity (Wildman–Crippen MR) is 64.6 cm³/mol. The van der Waals surface area contributed by atoms with Crippen molar-refractivity contribution in [1.29, 1.82) is 0 Å². The zero-order valence-electron chi connectivity index (χ0n) is 10.2. The van der Waals surface area contributed by atoms with Crippen molar-refractivity contribution in [3.8, 4) is 5.75 Å². The van der Waals surface area contributed by atoms with E-state index in [0.29, 0.717) is 13.0 Å². The highest BCUT2D eigenvalue weighted by molar-refractivity contribution is 5.87. The molecule has 0 radical (unpaired) electrons. The zero-order chi connectivity index (χ0) is 13.8. The summed E-state index contributed by atoms with van der Waals surface area (Å²) in [6, 6.07) is 3.36. The number of hydrogen-bond donors (Lipinski definition) is 2. The number of carboxylic acids is 1. The largest absolute Gasteiger partial charge is 0.478 e. The minimum atomic E-state index is -1.21. The molecule has 1 aromatic carbocycles. The fraction of sp³-hybridized carbons (Fsp3) is 0.385. The van der Waals surface area contributed by atoms with Gasteiger partial charge in [-0.15, -0.1) is 0 Å². The van der Waals surface area contributed by atoms with Crippen LogP contribution in [-0.4, -0.2) is 29.6 Å². The molecule has 0 bridgehead atoms. The Balaban J connectivity index is 2.14. The number of nitrogens with one attached hydrogen (secondary N) is 1. The van der Waals surface area contributed by atoms with Crippen LogP contribution in [0.15, 0.2) is 18.2 Å². The van der Waals surface area contributed by atoms with Gasteiger partial charge in [0, 0.05) is 6.54 Å². The van der Waals surface area contributed by atoms with Gasteiger partial charge in [0.15, 0.2) is 17.7 Å². The lowest BCUT2D eigenvalue weighted by Crippen LogP contribution is -2.36. The minimum absolute atomic E-state index is 0.105. The number of halogens is 1. The van der Waals surface area contributed by atoms with Crippen molar-refractivity contribution in [2.45, 2.75) is 25.4 Å². The average molecular weight is 267 g/mol. The highest BCUT2D eigenvalue weighted by Gasteiger charge is 2.23.